The van der Waals surface area contributed by atoms with Crippen molar-refractivity contribution in [3.05, 3.63) is 76.3 Å². The van der Waals surface area contributed by atoms with Gasteiger partial charge in [-0.1, -0.05) is 65.8 Å². The Morgan fingerprint density at radius 1 is 1.13 bits per heavy atom. The molecule has 0 aromatic heterocycles. The normalized spacial score (nSPS) is 14.4. The largest absolute Gasteiger partial charge is 0.294 e. The van der Waals surface area contributed by atoms with Gasteiger partial charge in [0.2, 0.25) is 0 Å². The lowest BCUT2D eigenvalue weighted by Crippen LogP contribution is -1.97. The van der Waals surface area contributed by atoms with Crippen LogP contribution in [0.2, 0.25) is 0 Å². The SMILES string of the molecule is C=C(CC)c1ccccc1C1=C(c2cccc(Br)c2)C(=O)CC1. The maximum atomic E-state index is 12.5. The van der Waals surface area contributed by atoms with Crippen LogP contribution in [0.25, 0.3) is 16.7 Å². The molecule has 2 aromatic carbocycles. The van der Waals surface area contributed by atoms with Crippen LogP contribution in [0.5, 0.6) is 0 Å². The predicted molar refractivity (Wildman–Crippen MR) is 101 cm³/mol. The Morgan fingerprint density at radius 2 is 1.91 bits per heavy atom. The second kappa shape index (κ2) is 6.67. The Morgan fingerprint density at radius 3 is 2.65 bits per heavy atom. The lowest BCUT2D eigenvalue weighted by Gasteiger charge is -2.14. The van der Waals surface area contributed by atoms with Crippen molar-refractivity contribution in [2.45, 2.75) is 26.2 Å². The van der Waals surface area contributed by atoms with E-state index in [0.29, 0.717) is 6.42 Å². The van der Waals surface area contributed by atoms with Gasteiger partial charge in [-0.15, -0.1) is 0 Å². The third-order valence-corrected chi connectivity index (χ3v) is 4.85. The van der Waals surface area contributed by atoms with Crippen LogP contribution in [-0.4, -0.2) is 5.78 Å². The lowest BCUT2D eigenvalue weighted by atomic mass is 9.90. The molecule has 0 saturated carbocycles. The van der Waals surface area contributed by atoms with Crippen LogP contribution < -0.4 is 0 Å². The van der Waals surface area contributed by atoms with Gasteiger partial charge in [0.05, 0.1) is 0 Å². The van der Waals surface area contributed by atoms with Crippen LogP contribution in [0.4, 0.5) is 0 Å². The van der Waals surface area contributed by atoms with Gasteiger partial charge in [-0.05, 0) is 52.8 Å². The molecule has 0 radical (unpaired) electrons. The van der Waals surface area contributed by atoms with E-state index in [1.165, 1.54) is 0 Å². The first-order valence-corrected chi connectivity index (χ1v) is 8.71. The fourth-order valence-electron chi connectivity index (χ4n) is 3.15. The summed E-state index contributed by atoms with van der Waals surface area (Å²) < 4.78 is 0.993. The second-order valence-corrected chi connectivity index (χ2v) is 6.71. The molecule has 1 nitrogen and oxygen atoms in total. The minimum atomic E-state index is 0.231. The summed E-state index contributed by atoms with van der Waals surface area (Å²) >= 11 is 3.51. The molecule has 0 saturated heterocycles. The molecular formula is C21H19BrO. The van der Waals surface area contributed by atoms with Crippen molar-refractivity contribution in [3.63, 3.8) is 0 Å². The predicted octanol–water partition coefficient (Wildman–Crippen LogP) is 6.15. The minimum absolute atomic E-state index is 0.231. The van der Waals surface area contributed by atoms with Crippen molar-refractivity contribution in [2.75, 3.05) is 0 Å². The van der Waals surface area contributed by atoms with Crippen molar-refractivity contribution in [2.24, 2.45) is 0 Å². The Balaban J connectivity index is 2.21. The average Bonchev–Trinajstić information content (AvgIpc) is 2.95. The molecule has 0 heterocycles. The average molecular weight is 367 g/mol. The Hall–Kier alpha value is -1.93. The number of halogens is 1. The summed E-state index contributed by atoms with van der Waals surface area (Å²) in [7, 11) is 0. The smallest absolute Gasteiger partial charge is 0.164 e. The van der Waals surface area contributed by atoms with Gasteiger partial charge in [0, 0.05) is 16.5 Å². The highest BCUT2D eigenvalue weighted by atomic mass is 79.9. The summed E-state index contributed by atoms with van der Waals surface area (Å²) in [6.07, 6.45) is 2.29. The van der Waals surface area contributed by atoms with E-state index in [0.717, 1.165) is 50.7 Å². The van der Waals surface area contributed by atoms with Crippen LogP contribution in [-0.2, 0) is 4.79 Å². The first-order valence-electron chi connectivity index (χ1n) is 7.91. The van der Waals surface area contributed by atoms with Gasteiger partial charge in [-0.3, -0.25) is 4.79 Å². The topological polar surface area (TPSA) is 17.1 Å². The number of Topliss-reactive ketones (excluding diaryl/α,β-unsaturated/α-hetero) is 1. The Labute approximate surface area is 145 Å². The third kappa shape index (κ3) is 3.09. The fraction of sp³-hybridized carbons (Fsp3) is 0.190. The molecule has 0 amide bonds. The molecule has 0 atom stereocenters. The number of carbonyl (C=O) groups excluding carboxylic acids is 1. The van der Waals surface area contributed by atoms with Gasteiger partial charge < -0.3 is 0 Å². The second-order valence-electron chi connectivity index (χ2n) is 5.79. The molecule has 0 spiro atoms. The van der Waals surface area contributed by atoms with Gasteiger partial charge in [0.1, 0.15) is 0 Å². The van der Waals surface area contributed by atoms with Crippen molar-refractivity contribution >= 4 is 38.4 Å². The summed E-state index contributed by atoms with van der Waals surface area (Å²) in [5.41, 5.74) is 6.43. The standard InChI is InChI=1S/C21H19BrO/c1-3-14(2)17-9-4-5-10-18(17)19-11-12-20(23)21(19)15-7-6-8-16(22)13-15/h4-10,13H,2-3,11-12H2,1H3. The zero-order valence-corrected chi connectivity index (χ0v) is 14.8. The first-order chi connectivity index (χ1) is 11.1. The zero-order chi connectivity index (χ0) is 16.4. The summed E-state index contributed by atoms with van der Waals surface area (Å²) in [6, 6.07) is 16.3. The maximum Gasteiger partial charge on any atom is 0.164 e. The van der Waals surface area contributed by atoms with E-state index in [9.17, 15) is 4.79 Å². The lowest BCUT2D eigenvalue weighted by molar-refractivity contribution is -0.113. The van der Waals surface area contributed by atoms with Crippen molar-refractivity contribution in [1.29, 1.82) is 0 Å². The molecular weight excluding hydrogens is 348 g/mol. The number of benzene rings is 2. The molecule has 0 unspecified atom stereocenters. The quantitative estimate of drug-likeness (QED) is 0.634. The fourth-order valence-corrected chi connectivity index (χ4v) is 3.55. The van der Waals surface area contributed by atoms with Gasteiger partial charge in [-0.25, -0.2) is 0 Å². The van der Waals surface area contributed by atoms with E-state index in [1.54, 1.807) is 0 Å². The van der Waals surface area contributed by atoms with Crippen LogP contribution in [0, 0.1) is 0 Å². The minimum Gasteiger partial charge on any atom is -0.294 e. The number of carbonyl (C=O) groups is 1. The van der Waals surface area contributed by atoms with E-state index >= 15 is 0 Å². The van der Waals surface area contributed by atoms with E-state index < -0.39 is 0 Å². The molecule has 2 aromatic rings. The molecule has 1 aliphatic carbocycles. The summed E-state index contributed by atoms with van der Waals surface area (Å²) in [4.78, 5) is 12.5. The van der Waals surface area contributed by atoms with Gasteiger partial charge >= 0.3 is 0 Å². The van der Waals surface area contributed by atoms with E-state index in [4.69, 9.17) is 0 Å². The summed E-state index contributed by atoms with van der Waals surface area (Å²) in [6.45, 7) is 6.30. The third-order valence-electron chi connectivity index (χ3n) is 4.36. The van der Waals surface area contributed by atoms with Gasteiger partial charge in [0.15, 0.2) is 5.78 Å². The number of ketones is 1. The molecule has 0 N–H and O–H groups in total. The van der Waals surface area contributed by atoms with E-state index in [2.05, 4.69) is 41.6 Å². The molecule has 0 bridgehead atoms. The van der Waals surface area contributed by atoms with Crippen molar-refractivity contribution in [3.8, 4) is 0 Å². The number of allylic oxidation sites excluding steroid dienone is 3. The molecule has 0 fully saturated rings. The maximum absolute atomic E-state index is 12.5. The van der Waals surface area contributed by atoms with Crippen LogP contribution in [0.3, 0.4) is 0 Å². The molecule has 3 rings (SSSR count). The van der Waals surface area contributed by atoms with Crippen molar-refractivity contribution < 1.29 is 4.79 Å². The van der Waals surface area contributed by atoms with Gasteiger partial charge in [-0.2, -0.15) is 0 Å². The molecule has 2 heteroatoms. The summed E-state index contributed by atoms with van der Waals surface area (Å²) in [5, 5.41) is 0. The molecule has 1 aliphatic rings. The first kappa shape index (κ1) is 15.9. The monoisotopic (exact) mass is 366 g/mol. The number of hydrogen-bond acceptors (Lipinski definition) is 1. The van der Waals surface area contributed by atoms with E-state index in [-0.39, 0.29) is 5.78 Å². The van der Waals surface area contributed by atoms with Crippen LogP contribution >= 0.6 is 15.9 Å². The molecule has 0 aliphatic heterocycles. The highest BCUT2D eigenvalue weighted by Gasteiger charge is 2.26. The van der Waals surface area contributed by atoms with E-state index in [1.807, 2.05) is 36.4 Å². The molecule has 23 heavy (non-hydrogen) atoms. The number of rotatable bonds is 4. The highest BCUT2D eigenvalue weighted by molar-refractivity contribution is 9.10. The van der Waals surface area contributed by atoms with Crippen LogP contribution in [0.15, 0.2) is 59.6 Å². The van der Waals surface area contributed by atoms with Crippen LogP contribution in [0.1, 0.15) is 42.9 Å². The number of hydrogen-bond donors (Lipinski definition) is 0. The molecule has 116 valence electrons. The van der Waals surface area contributed by atoms with Gasteiger partial charge in [0.25, 0.3) is 0 Å². The highest BCUT2D eigenvalue weighted by Crippen LogP contribution is 2.40. The summed E-state index contributed by atoms with van der Waals surface area (Å²) in [5.74, 6) is 0.231. The van der Waals surface area contributed by atoms with Crippen molar-refractivity contribution in [1.82, 2.24) is 0 Å². The Kier molecular flexibility index (Phi) is 4.63. The Bertz CT molecular complexity index is 814. The zero-order valence-electron chi connectivity index (χ0n) is 13.2.